The van der Waals surface area contributed by atoms with Crippen LogP contribution in [0.5, 0.6) is 5.88 Å². The van der Waals surface area contributed by atoms with Crippen molar-refractivity contribution in [2.45, 2.75) is 11.8 Å². The van der Waals surface area contributed by atoms with Crippen molar-refractivity contribution in [3.8, 4) is 5.88 Å². The van der Waals surface area contributed by atoms with E-state index in [4.69, 9.17) is 4.74 Å². The summed E-state index contributed by atoms with van der Waals surface area (Å²) in [5.74, 6) is -0.810. The number of hydrogen-bond acceptors (Lipinski definition) is 6. The molecule has 0 radical (unpaired) electrons. The van der Waals surface area contributed by atoms with E-state index in [1.54, 1.807) is 0 Å². The van der Waals surface area contributed by atoms with Gasteiger partial charge in [-0.1, -0.05) is 0 Å². The minimum Gasteiger partial charge on any atom is -0.408 e. The van der Waals surface area contributed by atoms with Gasteiger partial charge in [0.15, 0.2) is 0 Å². The Kier molecular flexibility index (Phi) is 3.76. The highest BCUT2D eigenvalue weighted by molar-refractivity contribution is 7.90. The van der Waals surface area contributed by atoms with Crippen LogP contribution in [0.1, 0.15) is 6.92 Å². The summed E-state index contributed by atoms with van der Waals surface area (Å²) in [5, 5.41) is 10.6. The summed E-state index contributed by atoms with van der Waals surface area (Å²) in [7, 11) is -4.00. The summed E-state index contributed by atoms with van der Waals surface area (Å²) < 4.78 is 30.3. The molecule has 0 fully saturated rings. The van der Waals surface area contributed by atoms with E-state index in [-0.39, 0.29) is 16.5 Å². The predicted molar refractivity (Wildman–Crippen MR) is 71.4 cm³/mol. The number of nitrogens with zero attached hydrogens (tertiary/aromatic N) is 2. The van der Waals surface area contributed by atoms with Gasteiger partial charge in [0.25, 0.3) is 15.7 Å². The lowest BCUT2D eigenvalue weighted by Gasteiger charge is -2.09. The quantitative estimate of drug-likeness (QED) is 0.481. The highest BCUT2D eigenvalue weighted by Gasteiger charge is 2.21. The van der Waals surface area contributed by atoms with E-state index >= 15 is 0 Å². The zero-order valence-corrected chi connectivity index (χ0v) is 11.6. The molecule has 0 aliphatic carbocycles. The van der Waals surface area contributed by atoms with Crippen molar-refractivity contribution in [2.24, 2.45) is 0 Å². The molecule has 2 aromatic rings. The number of carbonyl (C=O) groups excluding carboxylic acids is 1. The van der Waals surface area contributed by atoms with Crippen molar-refractivity contribution >= 4 is 21.7 Å². The van der Waals surface area contributed by atoms with Gasteiger partial charge in [-0.25, -0.2) is 12.4 Å². The Balaban J connectivity index is 2.45. The molecule has 0 saturated heterocycles. The molecule has 0 atom stereocenters. The topological polar surface area (TPSA) is 109 Å². The fraction of sp³-hybridized carbons (Fsp3) is 0.0833. The molecule has 0 saturated carbocycles. The van der Waals surface area contributed by atoms with Gasteiger partial charge in [-0.2, -0.15) is 0 Å². The zero-order valence-electron chi connectivity index (χ0n) is 10.8. The van der Waals surface area contributed by atoms with Crippen LogP contribution in [0.25, 0.3) is 0 Å². The lowest BCUT2D eigenvalue weighted by molar-refractivity contribution is -0.384. The number of carbonyl (C=O) groups is 1. The summed E-state index contributed by atoms with van der Waals surface area (Å²) in [4.78, 5) is 20.7. The number of ether oxygens (including phenoxy) is 1. The molecule has 0 aliphatic heterocycles. The van der Waals surface area contributed by atoms with Crippen molar-refractivity contribution in [3.05, 3.63) is 52.7 Å². The third-order valence-electron chi connectivity index (χ3n) is 2.53. The second kappa shape index (κ2) is 5.37. The van der Waals surface area contributed by atoms with Gasteiger partial charge in [-0.3, -0.25) is 14.9 Å². The van der Waals surface area contributed by atoms with Gasteiger partial charge in [0.2, 0.25) is 5.88 Å². The Hall–Kier alpha value is -2.68. The van der Waals surface area contributed by atoms with Gasteiger partial charge in [-0.15, -0.1) is 0 Å². The van der Waals surface area contributed by atoms with E-state index in [9.17, 15) is 23.3 Å². The second-order valence-corrected chi connectivity index (χ2v) is 5.81. The molecule has 1 aromatic heterocycles. The van der Waals surface area contributed by atoms with Crippen molar-refractivity contribution < 1.29 is 22.9 Å². The maximum Gasteiger partial charge on any atom is 0.309 e. The van der Waals surface area contributed by atoms with Crippen LogP contribution in [0.4, 0.5) is 5.69 Å². The molecule has 0 aliphatic rings. The molecule has 1 heterocycles. The van der Waals surface area contributed by atoms with Crippen molar-refractivity contribution in [3.63, 3.8) is 0 Å². The van der Waals surface area contributed by atoms with Crippen molar-refractivity contribution in [2.75, 3.05) is 0 Å². The fourth-order valence-corrected chi connectivity index (χ4v) is 2.90. The van der Waals surface area contributed by atoms with Gasteiger partial charge in [-0.05, 0) is 18.2 Å². The molecule has 0 unspecified atom stereocenters. The Morgan fingerprint density at radius 1 is 1.24 bits per heavy atom. The number of nitro benzene ring substituents is 1. The van der Waals surface area contributed by atoms with Crippen molar-refractivity contribution in [1.29, 1.82) is 0 Å². The number of rotatable bonds is 4. The third kappa shape index (κ3) is 2.92. The number of hydrogen-bond donors (Lipinski definition) is 0. The van der Waals surface area contributed by atoms with E-state index < -0.39 is 20.9 Å². The van der Waals surface area contributed by atoms with E-state index in [0.29, 0.717) is 0 Å². The lowest BCUT2D eigenvalue weighted by atomic mass is 10.3. The van der Waals surface area contributed by atoms with Gasteiger partial charge < -0.3 is 4.74 Å². The van der Waals surface area contributed by atoms with Crippen LogP contribution in [0.2, 0.25) is 0 Å². The summed E-state index contributed by atoms with van der Waals surface area (Å²) in [6.07, 6.45) is 1.22. The van der Waals surface area contributed by atoms with Crippen LogP contribution >= 0.6 is 0 Å². The first-order valence-electron chi connectivity index (χ1n) is 5.68. The minimum atomic E-state index is -4.00. The summed E-state index contributed by atoms with van der Waals surface area (Å²) in [6, 6.07) is 7.13. The molecule has 1 aromatic carbocycles. The SMILES string of the molecule is CC(=O)Oc1cccn1S(=O)(=O)c1ccc([N+](=O)[O-])cc1. The van der Waals surface area contributed by atoms with Crippen LogP contribution in [-0.2, 0) is 14.8 Å². The average Bonchev–Trinajstić information content (AvgIpc) is 2.86. The molecule has 21 heavy (non-hydrogen) atoms. The second-order valence-electron chi connectivity index (χ2n) is 3.99. The molecular weight excluding hydrogens is 300 g/mol. The maximum absolute atomic E-state index is 12.4. The third-order valence-corrected chi connectivity index (χ3v) is 4.22. The minimum absolute atomic E-state index is 0.152. The Bertz CT molecular complexity index is 791. The summed E-state index contributed by atoms with van der Waals surface area (Å²) >= 11 is 0. The smallest absolute Gasteiger partial charge is 0.309 e. The van der Waals surface area contributed by atoms with Gasteiger partial charge >= 0.3 is 5.97 Å². The molecule has 0 spiro atoms. The number of aromatic nitrogens is 1. The van der Waals surface area contributed by atoms with E-state index in [2.05, 4.69) is 0 Å². The molecular formula is C12H10N2O6S. The fourth-order valence-electron chi connectivity index (χ4n) is 1.63. The first-order valence-corrected chi connectivity index (χ1v) is 7.12. The van der Waals surface area contributed by atoms with Gasteiger partial charge in [0.1, 0.15) is 0 Å². The summed E-state index contributed by atoms with van der Waals surface area (Å²) in [5.41, 5.74) is -0.221. The van der Waals surface area contributed by atoms with Gasteiger partial charge in [0, 0.05) is 31.3 Å². The first kappa shape index (κ1) is 14.7. The maximum atomic E-state index is 12.4. The molecule has 0 amide bonds. The van der Waals surface area contributed by atoms with E-state index in [1.807, 2.05) is 0 Å². The molecule has 9 heteroatoms. The largest absolute Gasteiger partial charge is 0.408 e. The standard InChI is InChI=1S/C12H10N2O6S/c1-9(15)20-12-3-2-8-13(12)21(18,19)11-6-4-10(5-7-11)14(16)17/h2-8H,1H3. The highest BCUT2D eigenvalue weighted by atomic mass is 32.2. The Labute approximate surface area is 119 Å². The lowest BCUT2D eigenvalue weighted by Crippen LogP contribution is -2.15. The molecule has 110 valence electrons. The average molecular weight is 310 g/mol. The molecule has 8 nitrogen and oxygen atoms in total. The normalized spacial score (nSPS) is 11.1. The Morgan fingerprint density at radius 2 is 1.86 bits per heavy atom. The summed E-state index contributed by atoms with van der Waals surface area (Å²) in [6.45, 7) is 1.15. The number of esters is 1. The first-order chi connectivity index (χ1) is 9.82. The monoisotopic (exact) mass is 310 g/mol. The Morgan fingerprint density at radius 3 is 2.38 bits per heavy atom. The van der Waals surface area contributed by atoms with Gasteiger partial charge in [0.05, 0.1) is 9.82 Å². The zero-order chi connectivity index (χ0) is 15.6. The van der Waals surface area contributed by atoms with Crippen LogP contribution in [0.15, 0.2) is 47.5 Å². The van der Waals surface area contributed by atoms with E-state index in [0.717, 1.165) is 35.2 Å². The number of non-ortho nitro benzene ring substituents is 1. The van der Waals surface area contributed by atoms with Crippen LogP contribution < -0.4 is 4.74 Å². The van der Waals surface area contributed by atoms with Crippen LogP contribution in [0.3, 0.4) is 0 Å². The molecule has 0 bridgehead atoms. The van der Waals surface area contributed by atoms with Crippen LogP contribution in [0, 0.1) is 10.1 Å². The van der Waals surface area contributed by atoms with Crippen molar-refractivity contribution in [1.82, 2.24) is 3.97 Å². The van der Waals surface area contributed by atoms with Crippen LogP contribution in [-0.4, -0.2) is 23.3 Å². The highest BCUT2D eigenvalue weighted by Crippen LogP contribution is 2.23. The molecule has 0 N–H and O–H groups in total. The number of benzene rings is 1. The van der Waals surface area contributed by atoms with E-state index in [1.165, 1.54) is 18.3 Å². The molecule has 2 rings (SSSR count). The number of nitro groups is 1. The predicted octanol–water partition coefficient (Wildman–Crippen LogP) is 1.56.